The summed E-state index contributed by atoms with van der Waals surface area (Å²) in [7, 11) is 0. The van der Waals surface area contributed by atoms with Crippen LogP contribution >= 0.6 is 0 Å². The molecule has 5 rings (SSSR count). The highest BCUT2D eigenvalue weighted by molar-refractivity contribution is 5.57. The first-order valence-electron chi connectivity index (χ1n) is 10.6. The first-order chi connectivity index (χ1) is 16.8. The van der Waals surface area contributed by atoms with Gasteiger partial charge in [-0.3, -0.25) is 0 Å². The Kier molecular flexibility index (Phi) is 5.90. The lowest BCUT2D eigenvalue weighted by Crippen LogP contribution is -2.11. The molecule has 2 N–H and O–H groups in total. The Labute approximate surface area is 195 Å². The van der Waals surface area contributed by atoms with Gasteiger partial charge >= 0.3 is 0 Å². The molecule has 10 nitrogen and oxygen atoms in total. The van der Waals surface area contributed by atoms with E-state index in [2.05, 4.69) is 41.9 Å². The summed E-state index contributed by atoms with van der Waals surface area (Å²) in [6.45, 7) is 0.924. The van der Waals surface area contributed by atoms with Gasteiger partial charge in [0.05, 0.1) is 5.56 Å². The predicted octanol–water partition coefficient (Wildman–Crippen LogP) is 3.34. The maximum Gasteiger partial charge on any atom is 0.158 e. The molecule has 0 amide bonds. The molecule has 0 aliphatic carbocycles. The van der Waals surface area contributed by atoms with Gasteiger partial charge in [0.15, 0.2) is 11.6 Å². The number of aromatic nitrogens is 7. The largest absolute Gasteiger partial charge is 0.366 e. The van der Waals surface area contributed by atoms with E-state index in [1.165, 1.54) is 0 Å². The fourth-order valence-corrected chi connectivity index (χ4v) is 3.48. The first kappa shape index (κ1) is 20.8. The monoisotopic (exact) mass is 448 g/mol. The molecule has 0 saturated carbocycles. The predicted molar refractivity (Wildman–Crippen MR) is 126 cm³/mol. The molecular formula is C24H20N10. The van der Waals surface area contributed by atoms with Gasteiger partial charge < -0.3 is 10.6 Å². The summed E-state index contributed by atoms with van der Waals surface area (Å²) in [6.07, 6.45) is 10.6. The Bertz CT molecular complexity index is 1420. The zero-order chi connectivity index (χ0) is 23.2. The van der Waals surface area contributed by atoms with Crippen molar-refractivity contribution in [3.05, 3.63) is 102 Å². The quantitative estimate of drug-likeness (QED) is 0.371. The zero-order valence-electron chi connectivity index (χ0n) is 18.1. The summed E-state index contributed by atoms with van der Waals surface area (Å²) in [5.41, 5.74) is 2.34. The van der Waals surface area contributed by atoms with Crippen molar-refractivity contribution in [1.29, 1.82) is 5.26 Å². The van der Waals surface area contributed by atoms with E-state index in [1.807, 2.05) is 48.8 Å². The molecule has 0 radical (unpaired) electrons. The fourth-order valence-electron chi connectivity index (χ4n) is 3.48. The Balaban J connectivity index is 1.33. The van der Waals surface area contributed by atoms with Crippen LogP contribution in [-0.2, 0) is 13.1 Å². The van der Waals surface area contributed by atoms with Crippen LogP contribution in [0.3, 0.4) is 0 Å². The average molecular weight is 448 g/mol. The Morgan fingerprint density at radius 1 is 0.735 bits per heavy atom. The van der Waals surface area contributed by atoms with E-state index >= 15 is 0 Å². The standard InChI is InChI=1S/C24H20N10/c25-15-18-7-8-21(28-16-19-5-1-9-26-23(19)33-13-3-11-30-33)32-22(18)29-17-20-6-2-10-27-24(20)34-14-4-12-31-34/h1-14H,16-17H2,(H2,28,29,32). The van der Waals surface area contributed by atoms with E-state index in [-0.39, 0.29) is 0 Å². The van der Waals surface area contributed by atoms with Crippen LogP contribution in [0.25, 0.3) is 11.6 Å². The van der Waals surface area contributed by atoms with Crippen LogP contribution in [0.15, 0.2) is 85.7 Å². The molecule has 5 aromatic heterocycles. The summed E-state index contributed by atoms with van der Waals surface area (Å²) in [5, 5.41) is 24.7. The summed E-state index contributed by atoms with van der Waals surface area (Å²) in [6, 6.07) is 17.1. The molecule has 5 heterocycles. The van der Waals surface area contributed by atoms with Crippen LogP contribution in [0.4, 0.5) is 11.6 Å². The van der Waals surface area contributed by atoms with E-state index in [4.69, 9.17) is 0 Å². The molecule has 0 fully saturated rings. The second-order valence-electron chi connectivity index (χ2n) is 7.29. The molecule has 0 saturated heterocycles. The van der Waals surface area contributed by atoms with Gasteiger partial charge in [0.25, 0.3) is 0 Å². The van der Waals surface area contributed by atoms with Gasteiger partial charge in [-0.25, -0.2) is 24.3 Å². The zero-order valence-corrected chi connectivity index (χ0v) is 18.1. The van der Waals surface area contributed by atoms with E-state index < -0.39 is 0 Å². The number of nitriles is 1. The van der Waals surface area contributed by atoms with Gasteiger partial charge in [-0.2, -0.15) is 15.5 Å². The summed E-state index contributed by atoms with van der Waals surface area (Å²) >= 11 is 0. The SMILES string of the molecule is N#Cc1ccc(NCc2cccnc2-n2cccn2)nc1NCc1cccnc1-n1cccn1. The highest BCUT2D eigenvalue weighted by Crippen LogP contribution is 2.19. The Hall–Kier alpha value is -5.04. The van der Waals surface area contributed by atoms with E-state index in [1.54, 1.807) is 46.3 Å². The van der Waals surface area contributed by atoms with Gasteiger partial charge in [0.2, 0.25) is 0 Å². The van der Waals surface area contributed by atoms with Crippen molar-refractivity contribution in [3.63, 3.8) is 0 Å². The molecule has 0 bridgehead atoms. The number of nitrogens with zero attached hydrogens (tertiary/aromatic N) is 8. The van der Waals surface area contributed by atoms with Crippen LogP contribution < -0.4 is 10.6 Å². The summed E-state index contributed by atoms with van der Waals surface area (Å²) in [4.78, 5) is 13.5. The van der Waals surface area contributed by atoms with Gasteiger partial charge in [-0.05, 0) is 36.4 Å². The Morgan fingerprint density at radius 2 is 1.35 bits per heavy atom. The lowest BCUT2D eigenvalue weighted by atomic mass is 10.2. The molecule has 0 aromatic carbocycles. The highest BCUT2D eigenvalue weighted by Gasteiger charge is 2.11. The van der Waals surface area contributed by atoms with Gasteiger partial charge in [-0.1, -0.05) is 12.1 Å². The second-order valence-corrected chi connectivity index (χ2v) is 7.29. The number of hydrogen-bond acceptors (Lipinski definition) is 8. The molecule has 0 spiro atoms. The molecule has 0 unspecified atom stereocenters. The van der Waals surface area contributed by atoms with Gasteiger partial charge in [-0.15, -0.1) is 0 Å². The minimum atomic E-state index is 0.431. The van der Waals surface area contributed by atoms with Crippen LogP contribution in [0.5, 0.6) is 0 Å². The number of anilines is 2. The van der Waals surface area contributed by atoms with E-state index in [9.17, 15) is 5.26 Å². The lowest BCUT2D eigenvalue weighted by molar-refractivity contribution is 0.827. The van der Waals surface area contributed by atoms with Crippen LogP contribution in [0.1, 0.15) is 16.7 Å². The minimum absolute atomic E-state index is 0.431. The van der Waals surface area contributed by atoms with E-state index in [0.29, 0.717) is 30.3 Å². The summed E-state index contributed by atoms with van der Waals surface area (Å²) in [5.74, 6) is 2.58. The molecule has 5 aromatic rings. The number of nitrogens with one attached hydrogen (secondary N) is 2. The second kappa shape index (κ2) is 9.62. The van der Waals surface area contributed by atoms with Crippen molar-refractivity contribution >= 4 is 11.6 Å². The lowest BCUT2D eigenvalue weighted by Gasteiger charge is -2.13. The molecule has 0 aliphatic heterocycles. The molecule has 166 valence electrons. The number of pyridine rings is 3. The third kappa shape index (κ3) is 4.44. The highest BCUT2D eigenvalue weighted by atomic mass is 15.3. The topological polar surface area (TPSA) is 122 Å². The van der Waals surface area contributed by atoms with Crippen molar-refractivity contribution < 1.29 is 0 Å². The number of hydrogen-bond donors (Lipinski definition) is 2. The average Bonchev–Trinajstić information content (AvgIpc) is 3.62. The maximum atomic E-state index is 9.57. The molecule has 34 heavy (non-hydrogen) atoms. The van der Waals surface area contributed by atoms with Crippen LogP contribution in [0.2, 0.25) is 0 Å². The van der Waals surface area contributed by atoms with Gasteiger partial charge in [0.1, 0.15) is 17.7 Å². The third-order valence-corrected chi connectivity index (χ3v) is 5.10. The van der Waals surface area contributed by atoms with Crippen LogP contribution in [0, 0.1) is 11.3 Å². The third-order valence-electron chi connectivity index (χ3n) is 5.10. The molecule has 0 aliphatic rings. The van der Waals surface area contributed by atoms with E-state index in [0.717, 1.165) is 22.8 Å². The Morgan fingerprint density at radius 3 is 1.91 bits per heavy atom. The molecular weight excluding hydrogens is 428 g/mol. The molecule has 0 atom stereocenters. The van der Waals surface area contributed by atoms with Gasteiger partial charge in [0, 0.05) is 61.4 Å². The summed E-state index contributed by atoms with van der Waals surface area (Å²) < 4.78 is 3.43. The van der Waals surface area contributed by atoms with Crippen molar-refractivity contribution in [3.8, 4) is 17.7 Å². The van der Waals surface area contributed by atoms with Crippen LogP contribution in [-0.4, -0.2) is 34.5 Å². The minimum Gasteiger partial charge on any atom is -0.366 e. The molecule has 10 heteroatoms. The first-order valence-corrected chi connectivity index (χ1v) is 10.6. The number of rotatable bonds is 8. The van der Waals surface area contributed by atoms with Crippen molar-refractivity contribution in [1.82, 2.24) is 34.5 Å². The fraction of sp³-hybridized carbons (Fsp3) is 0.0833. The van der Waals surface area contributed by atoms with Crippen molar-refractivity contribution in [2.24, 2.45) is 0 Å². The van der Waals surface area contributed by atoms with Crippen molar-refractivity contribution in [2.45, 2.75) is 13.1 Å². The normalized spacial score (nSPS) is 10.6. The smallest absolute Gasteiger partial charge is 0.158 e. The maximum absolute atomic E-state index is 9.57. The van der Waals surface area contributed by atoms with Crippen molar-refractivity contribution in [2.75, 3.05) is 10.6 Å².